The summed E-state index contributed by atoms with van der Waals surface area (Å²) in [5, 5.41) is 0. The fourth-order valence-corrected chi connectivity index (χ4v) is 2.15. The highest BCUT2D eigenvalue weighted by molar-refractivity contribution is 5.97. The minimum absolute atomic E-state index is 0.0130. The summed E-state index contributed by atoms with van der Waals surface area (Å²) >= 11 is 0. The molecule has 1 amide bonds. The summed E-state index contributed by atoms with van der Waals surface area (Å²) < 4.78 is 10.5. The molecule has 1 heterocycles. The van der Waals surface area contributed by atoms with Gasteiger partial charge in [-0.05, 0) is 18.6 Å². The summed E-state index contributed by atoms with van der Waals surface area (Å²) in [6.45, 7) is 2.26. The second-order valence-corrected chi connectivity index (χ2v) is 4.64. The van der Waals surface area contributed by atoms with Crippen LogP contribution in [0.15, 0.2) is 24.3 Å². The van der Waals surface area contributed by atoms with Gasteiger partial charge in [-0.2, -0.15) is 0 Å². The van der Waals surface area contributed by atoms with Gasteiger partial charge in [0.2, 0.25) is 0 Å². The lowest BCUT2D eigenvalue weighted by Gasteiger charge is -2.18. The van der Waals surface area contributed by atoms with Crippen LogP contribution in [0.4, 0.5) is 0 Å². The fraction of sp³-hybridized carbons (Fsp3) is 0.500. The number of para-hydroxylation sites is 1. The maximum atomic E-state index is 12.4. The Labute approximate surface area is 113 Å². The third kappa shape index (κ3) is 3.45. The number of amides is 1. The lowest BCUT2D eigenvalue weighted by atomic mass is 10.2. The van der Waals surface area contributed by atoms with Crippen molar-refractivity contribution in [2.75, 3.05) is 33.4 Å². The molecule has 19 heavy (non-hydrogen) atoms. The number of hydrogen-bond donors (Lipinski definition) is 1. The van der Waals surface area contributed by atoms with Gasteiger partial charge >= 0.3 is 0 Å². The second-order valence-electron chi connectivity index (χ2n) is 4.64. The quantitative estimate of drug-likeness (QED) is 0.802. The molecule has 1 atom stereocenters. The van der Waals surface area contributed by atoms with E-state index in [1.807, 2.05) is 12.1 Å². The van der Waals surface area contributed by atoms with Gasteiger partial charge in [-0.25, -0.2) is 0 Å². The first kappa shape index (κ1) is 13.8. The highest BCUT2D eigenvalue weighted by Crippen LogP contribution is 2.21. The van der Waals surface area contributed by atoms with Crippen LogP contribution in [-0.4, -0.2) is 50.3 Å². The average molecular weight is 264 g/mol. The Bertz CT molecular complexity index is 436. The summed E-state index contributed by atoms with van der Waals surface area (Å²) in [6.07, 6.45) is 0.860. The normalized spacial score (nSPS) is 18.6. The Hall–Kier alpha value is -1.59. The van der Waals surface area contributed by atoms with Crippen molar-refractivity contribution in [1.82, 2.24) is 4.90 Å². The number of benzene rings is 1. The number of nitrogens with zero attached hydrogens (tertiary/aromatic N) is 1. The van der Waals surface area contributed by atoms with E-state index in [1.54, 1.807) is 24.1 Å². The van der Waals surface area contributed by atoms with E-state index in [4.69, 9.17) is 15.2 Å². The van der Waals surface area contributed by atoms with Crippen molar-refractivity contribution in [2.24, 2.45) is 5.73 Å². The van der Waals surface area contributed by atoms with Gasteiger partial charge in [-0.1, -0.05) is 12.1 Å². The lowest BCUT2D eigenvalue weighted by Crippen LogP contribution is -2.32. The van der Waals surface area contributed by atoms with Crippen LogP contribution in [0, 0.1) is 0 Å². The van der Waals surface area contributed by atoms with Crippen LogP contribution in [0.1, 0.15) is 16.8 Å². The molecule has 1 unspecified atom stereocenters. The van der Waals surface area contributed by atoms with Gasteiger partial charge in [0.05, 0.1) is 12.2 Å². The molecule has 0 bridgehead atoms. The number of carbonyl (C=O) groups excluding carboxylic acids is 1. The molecule has 1 aromatic rings. The molecule has 2 rings (SSSR count). The molecule has 5 nitrogen and oxygen atoms in total. The maximum absolute atomic E-state index is 12.4. The van der Waals surface area contributed by atoms with Crippen LogP contribution in [-0.2, 0) is 4.74 Å². The highest BCUT2D eigenvalue weighted by Gasteiger charge is 2.26. The highest BCUT2D eigenvalue weighted by atomic mass is 16.5. The predicted octanol–water partition coefficient (Wildman–Crippen LogP) is 0.885. The number of rotatable bonds is 5. The molecule has 104 valence electrons. The molecular formula is C14H20N2O3. The minimum atomic E-state index is -0.0130. The topological polar surface area (TPSA) is 64.8 Å². The Morgan fingerprint density at radius 1 is 1.42 bits per heavy atom. The largest absolute Gasteiger partial charge is 0.490 e. The molecular weight excluding hydrogens is 244 g/mol. The van der Waals surface area contributed by atoms with Gasteiger partial charge in [0.15, 0.2) is 0 Å². The third-order valence-corrected chi connectivity index (χ3v) is 3.17. The summed E-state index contributed by atoms with van der Waals surface area (Å²) in [5.74, 6) is 0.589. The van der Waals surface area contributed by atoms with Crippen molar-refractivity contribution < 1.29 is 14.3 Å². The van der Waals surface area contributed by atoms with E-state index in [-0.39, 0.29) is 11.9 Å². The zero-order valence-electron chi connectivity index (χ0n) is 11.2. The van der Waals surface area contributed by atoms with Gasteiger partial charge in [-0.15, -0.1) is 0 Å². The summed E-state index contributed by atoms with van der Waals surface area (Å²) in [7, 11) is 1.62. The molecule has 0 aliphatic carbocycles. The summed E-state index contributed by atoms with van der Waals surface area (Å²) in [5.41, 5.74) is 6.43. The number of ether oxygens (including phenoxy) is 2. The standard InChI is InChI=1S/C14H20N2O3/c1-18-8-9-19-13-5-3-2-4-12(13)14(17)16-7-6-11(15)10-16/h2-5,11H,6-10,15H2,1H3. The van der Waals surface area contributed by atoms with Gasteiger partial charge in [0.25, 0.3) is 5.91 Å². The van der Waals surface area contributed by atoms with Gasteiger partial charge in [0.1, 0.15) is 12.4 Å². The first-order chi connectivity index (χ1) is 9.22. The SMILES string of the molecule is COCCOc1ccccc1C(=O)N1CCC(N)C1. The Kier molecular flexibility index (Phi) is 4.76. The number of methoxy groups -OCH3 is 1. The van der Waals surface area contributed by atoms with E-state index in [0.717, 1.165) is 6.42 Å². The van der Waals surface area contributed by atoms with Crippen molar-refractivity contribution in [3.63, 3.8) is 0 Å². The van der Waals surface area contributed by atoms with Crippen LogP contribution in [0.25, 0.3) is 0 Å². The van der Waals surface area contributed by atoms with Crippen LogP contribution >= 0.6 is 0 Å². The number of carbonyl (C=O) groups is 1. The molecule has 1 fully saturated rings. The average Bonchev–Trinajstić information content (AvgIpc) is 2.85. The summed E-state index contributed by atoms with van der Waals surface area (Å²) in [4.78, 5) is 14.2. The summed E-state index contributed by atoms with van der Waals surface area (Å²) in [6, 6.07) is 7.37. The second kappa shape index (κ2) is 6.54. The van der Waals surface area contributed by atoms with Crippen LogP contribution in [0.5, 0.6) is 5.75 Å². The molecule has 1 aromatic carbocycles. The first-order valence-electron chi connectivity index (χ1n) is 6.48. The van der Waals surface area contributed by atoms with Crippen molar-refractivity contribution in [3.05, 3.63) is 29.8 Å². The number of hydrogen-bond acceptors (Lipinski definition) is 4. The Morgan fingerprint density at radius 2 is 2.21 bits per heavy atom. The molecule has 1 saturated heterocycles. The van der Waals surface area contributed by atoms with Crippen LogP contribution in [0.2, 0.25) is 0 Å². The molecule has 0 saturated carbocycles. The Balaban J connectivity index is 2.08. The maximum Gasteiger partial charge on any atom is 0.257 e. The fourth-order valence-electron chi connectivity index (χ4n) is 2.15. The van der Waals surface area contributed by atoms with Gasteiger partial charge in [0, 0.05) is 26.2 Å². The van der Waals surface area contributed by atoms with E-state index >= 15 is 0 Å². The van der Waals surface area contributed by atoms with Crippen molar-refractivity contribution in [1.29, 1.82) is 0 Å². The van der Waals surface area contributed by atoms with E-state index in [9.17, 15) is 4.79 Å². The molecule has 0 spiro atoms. The molecule has 2 N–H and O–H groups in total. The van der Waals surface area contributed by atoms with Crippen molar-refractivity contribution in [3.8, 4) is 5.75 Å². The van der Waals surface area contributed by atoms with E-state index < -0.39 is 0 Å². The molecule has 0 radical (unpaired) electrons. The van der Waals surface area contributed by atoms with Crippen LogP contribution in [0.3, 0.4) is 0 Å². The predicted molar refractivity (Wildman–Crippen MR) is 72.3 cm³/mol. The minimum Gasteiger partial charge on any atom is -0.490 e. The Morgan fingerprint density at radius 3 is 2.89 bits per heavy atom. The van der Waals surface area contributed by atoms with Gasteiger partial charge < -0.3 is 20.1 Å². The van der Waals surface area contributed by atoms with E-state index in [1.165, 1.54) is 0 Å². The van der Waals surface area contributed by atoms with Gasteiger partial charge in [-0.3, -0.25) is 4.79 Å². The third-order valence-electron chi connectivity index (χ3n) is 3.17. The number of nitrogens with two attached hydrogens (primary N) is 1. The number of likely N-dealkylation sites (tertiary alicyclic amines) is 1. The van der Waals surface area contributed by atoms with Crippen molar-refractivity contribution in [2.45, 2.75) is 12.5 Å². The zero-order chi connectivity index (χ0) is 13.7. The molecule has 1 aliphatic rings. The monoisotopic (exact) mass is 264 g/mol. The zero-order valence-corrected chi connectivity index (χ0v) is 11.2. The van der Waals surface area contributed by atoms with E-state index in [0.29, 0.717) is 37.6 Å². The molecule has 5 heteroatoms. The molecule has 1 aliphatic heterocycles. The molecule has 0 aromatic heterocycles. The smallest absolute Gasteiger partial charge is 0.257 e. The first-order valence-corrected chi connectivity index (χ1v) is 6.48. The van der Waals surface area contributed by atoms with E-state index in [2.05, 4.69) is 0 Å². The van der Waals surface area contributed by atoms with Crippen LogP contribution < -0.4 is 10.5 Å². The lowest BCUT2D eigenvalue weighted by molar-refractivity contribution is 0.0783. The van der Waals surface area contributed by atoms with Crippen molar-refractivity contribution >= 4 is 5.91 Å².